The summed E-state index contributed by atoms with van der Waals surface area (Å²) in [5.41, 5.74) is 8.99. The van der Waals surface area contributed by atoms with Crippen LogP contribution in [-0.4, -0.2) is 150 Å². The Morgan fingerprint density at radius 3 is 1.24 bits per heavy atom. The van der Waals surface area contributed by atoms with Crippen molar-refractivity contribution >= 4 is 48.0 Å². The van der Waals surface area contributed by atoms with Gasteiger partial charge < -0.3 is 39.3 Å². The third kappa shape index (κ3) is 12.8. The Kier molecular flexibility index (Phi) is 18.0. The summed E-state index contributed by atoms with van der Waals surface area (Å²) >= 11 is 0. The van der Waals surface area contributed by atoms with E-state index in [2.05, 4.69) is 9.47 Å². The van der Waals surface area contributed by atoms with Crippen LogP contribution in [0.3, 0.4) is 0 Å². The standard InChI is InChI=1S/C22H20N2O6.C14H18N2O4.C14H17NO5/c1-29-21(27)18-11-15(24-19(25)16-9-5-6-10-17(16)20(24)26)12-23(18)22(28)30-13-14-7-3-2-4-8-14;1-19-13(17)12-7-11(15)8-16(12)14(18)20-9-10-5-3-2-4-6-10;1-19-13(17)12-7-11(16)8-15(12)14(18)20-9-10-5-3-2-4-6-10/h2-10,15,18H,11-13H2,1H3;2-6,11-12H,7-9,15H2,1H3;2-6,11-12,16H,7-9H2,1H3/t15-,18+;11-,12+;11-,12-/m110/s1. The van der Waals surface area contributed by atoms with Crippen molar-refractivity contribution in [3.63, 3.8) is 0 Å². The monoisotopic (exact) mass is 965 g/mol. The van der Waals surface area contributed by atoms with Crippen LogP contribution >= 0.6 is 0 Å². The summed E-state index contributed by atoms with van der Waals surface area (Å²) in [4.78, 5) is 103. The third-order valence-electron chi connectivity index (χ3n) is 11.8. The summed E-state index contributed by atoms with van der Waals surface area (Å²) in [6.45, 7) is 0.709. The van der Waals surface area contributed by atoms with E-state index >= 15 is 0 Å². The van der Waals surface area contributed by atoms with Gasteiger partial charge in [0.1, 0.15) is 37.9 Å². The highest BCUT2D eigenvalue weighted by Gasteiger charge is 2.49. The van der Waals surface area contributed by atoms with E-state index in [1.165, 1.54) is 36.0 Å². The van der Waals surface area contributed by atoms with Crippen molar-refractivity contribution in [1.29, 1.82) is 0 Å². The molecule has 0 saturated carbocycles. The zero-order valence-electron chi connectivity index (χ0n) is 38.8. The van der Waals surface area contributed by atoms with Crippen LogP contribution in [0.5, 0.6) is 0 Å². The van der Waals surface area contributed by atoms with Crippen LogP contribution in [-0.2, 0) is 62.6 Å². The van der Waals surface area contributed by atoms with Gasteiger partial charge in [0.15, 0.2) is 0 Å². The van der Waals surface area contributed by atoms with Crippen molar-refractivity contribution in [2.45, 2.75) is 75.4 Å². The molecule has 6 atom stereocenters. The molecule has 4 aromatic carbocycles. The first-order valence-corrected chi connectivity index (χ1v) is 22.3. The summed E-state index contributed by atoms with van der Waals surface area (Å²) in [5, 5.41) is 9.59. The molecular weight excluding hydrogens is 911 g/mol. The minimum absolute atomic E-state index is 0.00113. The maximum atomic E-state index is 12.8. The lowest BCUT2D eigenvalue weighted by atomic mass is 10.1. The molecule has 0 bridgehead atoms. The highest BCUT2D eigenvalue weighted by molar-refractivity contribution is 6.21. The zero-order valence-corrected chi connectivity index (χ0v) is 38.8. The van der Waals surface area contributed by atoms with Gasteiger partial charge in [0.05, 0.1) is 51.1 Å². The Balaban J connectivity index is 0.000000178. The van der Waals surface area contributed by atoms with Crippen LogP contribution in [0.2, 0.25) is 0 Å². The molecule has 3 saturated heterocycles. The normalized spacial score (nSPS) is 21.0. The molecule has 0 unspecified atom stereocenters. The Bertz CT molecular complexity index is 2360. The van der Waals surface area contributed by atoms with Gasteiger partial charge in [0, 0.05) is 32.0 Å². The number of carbonyl (C=O) groups is 8. The molecule has 4 aliphatic heterocycles. The summed E-state index contributed by atoms with van der Waals surface area (Å²) in [6.07, 6.45) is -1.94. The molecule has 4 heterocycles. The smallest absolute Gasteiger partial charge is 0.410 e. The number of likely N-dealkylation sites (tertiary alicyclic amines) is 3. The van der Waals surface area contributed by atoms with Gasteiger partial charge in [-0.1, -0.05) is 103 Å². The number of β-amino-alcohol motifs (C(OH)–C–C–N with tert-alkyl or cyclic N) is 1. The van der Waals surface area contributed by atoms with Gasteiger partial charge in [-0.15, -0.1) is 0 Å². The van der Waals surface area contributed by atoms with Gasteiger partial charge in [0.2, 0.25) is 0 Å². The van der Waals surface area contributed by atoms with Crippen LogP contribution in [0, 0.1) is 0 Å². The second-order valence-electron chi connectivity index (χ2n) is 16.5. The molecule has 5 amide bonds. The fourth-order valence-electron chi connectivity index (χ4n) is 8.31. The van der Waals surface area contributed by atoms with Crippen LogP contribution in [0.25, 0.3) is 0 Å². The predicted octanol–water partition coefficient (Wildman–Crippen LogP) is 4.06. The first-order valence-electron chi connectivity index (χ1n) is 22.3. The summed E-state index contributed by atoms with van der Waals surface area (Å²) in [6, 6.07) is 31.0. The van der Waals surface area contributed by atoms with E-state index in [1.54, 1.807) is 24.3 Å². The molecule has 370 valence electrons. The van der Waals surface area contributed by atoms with Crippen molar-refractivity contribution in [3.8, 4) is 0 Å². The van der Waals surface area contributed by atoms with E-state index in [0.717, 1.165) is 21.6 Å². The number of ether oxygens (including phenoxy) is 6. The molecule has 4 aromatic rings. The van der Waals surface area contributed by atoms with Crippen molar-refractivity contribution in [3.05, 3.63) is 143 Å². The largest absolute Gasteiger partial charge is 0.467 e. The number of nitrogens with zero attached hydrogens (tertiary/aromatic N) is 4. The predicted molar refractivity (Wildman–Crippen MR) is 246 cm³/mol. The maximum Gasteiger partial charge on any atom is 0.410 e. The van der Waals surface area contributed by atoms with Gasteiger partial charge in [-0.2, -0.15) is 0 Å². The summed E-state index contributed by atoms with van der Waals surface area (Å²) in [5.74, 6) is -2.48. The lowest BCUT2D eigenvalue weighted by Crippen LogP contribution is -2.43. The Hall–Kier alpha value is -7.84. The minimum atomic E-state index is -0.937. The number of hydrogen-bond donors (Lipinski definition) is 2. The molecule has 20 nitrogen and oxygen atoms in total. The second kappa shape index (κ2) is 24.4. The third-order valence-corrected chi connectivity index (χ3v) is 11.8. The van der Waals surface area contributed by atoms with E-state index in [-0.39, 0.29) is 51.8 Å². The zero-order chi connectivity index (χ0) is 50.3. The number of amides is 5. The van der Waals surface area contributed by atoms with Crippen LogP contribution < -0.4 is 5.73 Å². The second-order valence-corrected chi connectivity index (χ2v) is 16.5. The highest BCUT2D eigenvalue weighted by atomic mass is 16.6. The Morgan fingerprint density at radius 2 is 0.843 bits per heavy atom. The molecule has 0 aromatic heterocycles. The van der Waals surface area contributed by atoms with E-state index in [0.29, 0.717) is 24.1 Å². The highest BCUT2D eigenvalue weighted by Crippen LogP contribution is 2.31. The van der Waals surface area contributed by atoms with Gasteiger partial charge in [-0.3, -0.25) is 29.2 Å². The molecule has 3 fully saturated rings. The Labute approximate surface area is 403 Å². The number of aliphatic hydroxyl groups is 1. The quantitative estimate of drug-likeness (QED) is 0.129. The number of nitrogens with two attached hydrogens (primary N) is 1. The van der Waals surface area contributed by atoms with Gasteiger partial charge >= 0.3 is 36.2 Å². The van der Waals surface area contributed by atoms with Crippen LogP contribution in [0.15, 0.2) is 115 Å². The number of carbonyl (C=O) groups excluding carboxylic acids is 8. The fraction of sp³-hybridized carbons (Fsp3) is 0.360. The fourth-order valence-corrected chi connectivity index (χ4v) is 8.31. The number of hydrogen-bond acceptors (Lipinski definition) is 16. The molecule has 20 heteroatoms. The number of rotatable bonds is 10. The van der Waals surface area contributed by atoms with Crippen LogP contribution in [0.4, 0.5) is 14.4 Å². The van der Waals surface area contributed by atoms with Crippen molar-refractivity contribution < 1.29 is 71.9 Å². The Morgan fingerprint density at radius 1 is 0.500 bits per heavy atom. The lowest BCUT2D eigenvalue weighted by Gasteiger charge is -2.23. The molecule has 70 heavy (non-hydrogen) atoms. The van der Waals surface area contributed by atoms with E-state index in [1.807, 2.05) is 91.0 Å². The summed E-state index contributed by atoms with van der Waals surface area (Å²) < 4.78 is 29.9. The molecule has 3 N–H and O–H groups in total. The average Bonchev–Trinajstić information content (AvgIpc) is 4.18. The number of imide groups is 1. The van der Waals surface area contributed by atoms with Crippen molar-refractivity contribution in [1.82, 2.24) is 19.6 Å². The SMILES string of the molecule is COC(=O)[C@@H]1C[C@@H](N)CN1C(=O)OCc1ccccc1.COC(=O)[C@@H]1C[C@@H](N2C(=O)c3ccccc3C2=O)CN1C(=O)OCc1ccccc1.COC(=O)[C@@H]1C[C@H](O)CN1C(=O)OCc1ccccc1. The van der Waals surface area contributed by atoms with E-state index in [9.17, 15) is 43.5 Å². The first-order chi connectivity index (χ1) is 33.7. The van der Waals surface area contributed by atoms with Gasteiger partial charge in [-0.25, -0.2) is 28.8 Å². The molecule has 0 radical (unpaired) electrons. The summed E-state index contributed by atoms with van der Waals surface area (Å²) in [7, 11) is 3.77. The molecular formula is C50H55N5O15. The maximum absolute atomic E-state index is 12.8. The lowest BCUT2D eigenvalue weighted by molar-refractivity contribution is -0.146. The number of esters is 3. The number of methoxy groups -OCH3 is 3. The number of benzene rings is 4. The number of fused-ring (bicyclic) bond motifs is 1. The first kappa shape index (κ1) is 51.5. The topological polar surface area (TPSA) is 251 Å². The van der Waals surface area contributed by atoms with Crippen LogP contribution in [0.1, 0.15) is 56.7 Å². The van der Waals surface area contributed by atoms with Gasteiger partial charge in [-0.05, 0) is 35.2 Å². The number of aliphatic hydroxyl groups excluding tert-OH is 1. The molecule has 8 rings (SSSR count). The average molecular weight is 966 g/mol. The van der Waals surface area contributed by atoms with Gasteiger partial charge in [0.25, 0.3) is 11.8 Å². The van der Waals surface area contributed by atoms with E-state index in [4.69, 9.17) is 24.7 Å². The molecule has 0 spiro atoms. The molecule has 4 aliphatic rings. The molecule has 0 aliphatic carbocycles. The van der Waals surface area contributed by atoms with Crippen molar-refractivity contribution in [2.75, 3.05) is 41.0 Å². The minimum Gasteiger partial charge on any atom is -0.467 e. The van der Waals surface area contributed by atoms with Crippen molar-refractivity contribution in [2.24, 2.45) is 5.73 Å². The van der Waals surface area contributed by atoms with E-state index < -0.39 is 78.3 Å².